The number of pyridine rings is 1. The fraction of sp³-hybridized carbons (Fsp3) is 0. The second-order valence-corrected chi connectivity index (χ2v) is 4.03. The average Bonchev–Trinajstić information content (AvgIpc) is 2.74. The Labute approximate surface area is 101 Å². The van der Waals surface area contributed by atoms with Crippen LogP contribution < -0.4 is 0 Å². The highest BCUT2D eigenvalue weighted by molar-refractivity contribution is 6.30. The summed E-state index contributed by atoms with van der Waals surface area (Å²) in [7, 11) is 0. The number of halogens is 2. The van der Waals surface area contributed by atoms with E-state index >= 15 is 0 Å². The quantitative estimate of drug-likeness (QED) is 0.661. The lowest BCUT2D eigenvalue weighted by Crippen LogP contribution is -1.96. The number of aromatic nitrogens is 3. The van der Waals surface area contributed by atoms with Crippen molar-refractivity contribution < 1.29 is 4.39 Å². The van der Waals surface area contributed by atoms with Gasteiger partial charge in [-0.1, -0.05) is 17.7 Å². The van der Waals surface area contributed by atoms with Gasteiger partial charge in [-0.3, -0.25) is 4.98 Å². The van der Waals surface area contributed by atoms with Crippen LogP contribution in [0.3, 0.4) is 0 Å². The molecule has 84 valence electrons. The smallest absolute Gasteiger partial charge is 0.134 e. The van der Waals surface area contributed by atoms with Gasteiger partial charge in [0.1, 0.15) is 5.82 Å². The van der Waals surface area contributed by atoms with Crippen molar-refractivity contribution in [1.82, 2.24) is 14.8 Å². The molecular formula is C12H7ClFN3. The van der Waals surface area contributed by atoms with E-state index in [1.165, 1.54) is 18.5 Å². The molecule has 0 fully saturated rings. The molecule has 0 saturated carbocycles. The molecule has 0 radical (unpaired) electrons. The summed E-state index contributed by atoms with van der Waals surface area (Å²) in [5, 5.41) is 5.14. The molecular weight excluding hydrogens is 241 g/mol. The van der Waals surface area contributed by atoms with Gasteiger partial charge in [0.05, 0.1) is 34.0 Å². The fourth-order valence-electron chi connectivity index (χ4n) is 1.74. The third-order valence-corrected chi connectivity index (χ3v) is 2.70. The summed E-state index contributed by atoms with van der Waals surface area (Å²) in [4.78, 5) is 3.98. The first-order valence-corrected chi connectivity index (χ1v) is 5.37. The van der Waals surface area contributed by atoms with Gasteiger partial charge in [0, 0.05) is 6.20 Å². The average molecular weight is 248 g/mol. The molecule has 3 nitrogen and oxygen atoms in total. The zero-order chi connectivity index (χ0) is 11.8. The second kappa shape index (κ2) is 3.82. The van der Waals surface area contributed by atoms with Gasteiger partial charge in [0.25, 0.3) is 0 Å². The third kappa shape index (κ3) is 1.66. The normalized spacial score (nSPS) is 10.9. The topological polar surface area (TPSA) is 30.7 Å². The summed E-state index contributed by atoms with van der Waals surface area (Å²) in [6.45, 7) is 0. The van der Waals surface area contributed by atoms with E-state index in [9.17, 15) is 4.39 Å². The van der Waals surface area contributed by atoms with E-state index in [2.05, 4.69) is 10.1 Å². The van der Waals surface area contributed by atoms with Gasteiger partial charge in [-0.05, 0) is 18.2 Å². The van der Waals surface area contributed by atoms with E-state index in [1.54, 1.807) is 29.1 Å². The van der Waals surface area contributed by atoms with E-state index in [1.807, 2.05) is 0 Å². The van der Waals surface area contributed by atoms with Gasteiger partial charge in [-0.25, -0.2) is 9.07 Å². The first kappa shape index (κ1) is 10.2. The number of fused-ring (bicyclic) bond motifs is 1. The van der Waals surface area contributed by atoms with Crippen LogP contribution in [0, 0.1) is 5.82 Å². The largest absolute Gasteiger partial charge is 0.261 e. The Morgan fingerprint density at radius 2 is 2.06 bits per heavy atom. The Morgan fingerprint density at radius 1 is 1.18 bits per heavy atom. The van der Waals surface area contributed by atoms with E-state index in [0.717, 1.165) is 0 Å². The van der Waals surface area contributed by atoms with Crippen molar-refractivity contribution in [1.29, 1.82) is 0 Å². The lowest BCUT2D eigenvalue weighted by Gasteiger charge is -2.03. The maximum atomic E-state index is 13.5. The summed E-state index contributed by atoms with van der Waals surface area (Å²) in [6.07, 6.45) is 4.66. The summed E-state index contributed by atoms with van der Waals surface area (Å²) < 4.78 is 15.1. The molecule has 0 amide bonds. The molecule has 2 aromatic heterocycles. The Hall–Kier alpha value is -1.94. The molecule has 0 atom stereocenters. The lowest BCUT2D eigenvalue weighted by molar-refractivity contribution is 0.640. The van der Waals surface area contributed by atoms with E-state index in [4.69, 9.17) is 11.6 Å². The first-order chi connectivity index (χ1) is 8.25. The van der Waals surface area contributed by atoms with Crippen molar-refractivity contribution in [2.45, 2.75) is 0 Å². The van der Waals surface area contributed by atoms with Crippen LogP contribution in [0.15, 0.2) is 42.9 Å². The molecule has 0 aliphatic carbocycles. The number of rotatable bonds is 1. The highest BCUT2D eigenvalue weighted by Gasteiger charge is 2.08. The minimum Gasteiger partial charge on any atom is -0.261 e. The highest BCUT2D eigenvalue weighted by Crippen LogP contribution is 2.21. The maximum absolute atomic E-state index is 13.5. The molecule has 3 aromatic rings. The highest BCUT2D eigenvalue weighted by atomic mass is 35.5. The fourth-order valence-corrected chi connectivity index (χ4v) is 1.91. The van der Waals surface area contributed by atoms with E-state index in [0.29, 0.717) is 21.6 Å². The van der Waals surface area contributed by atoms with Gasteiger partial charge in [0.2, 0.25) is 0 Å². The van der Waals surface area contributed by atoms with Gasteiger partial charge in [-0.2, -0.15) is 5.10 Å². The molecule has 3 rings (SSSR count). The molecule has 0 spiro atoms. The van der Waals surface area contributed by atoms with Gasteiger partial charge >= 0.3 is 0 Å². The van der Waals surface area contributed by atoms with Crippen LogP contribution in [0.5, 0.6) is 0 Å². The minimum absolute atomic E-state index is 0.288. The molecule has 0 N–H and O–H groups in total. The van der Waals surface area contributed by atoms with Crippen LogP contribution in [0.4, 0.5) is 4.39 Å². The molecule has 1 aromatic carbocycles. The van der Waals surface area contributed by atoms with Crippen molar-refractivity contribution in [3.63, 3.8) is 0 Å². The van der Waals surface area contributed by atoms with Crippen LogP contribution in [0.2, 0.25) is 5.02 Å². The van der Waals surface area contributed by atoms with Crippen molar-refractivity contribution in [3.8, 4) is 5.69 Å². The van der Waals surface area contributed by atoms with Gasteiger partial charge in [0.15, 0.2) is 0 Å². The number of benzene rings is 1. The van der Waals surface area contributed by atoms with Crippen LogP contribution in [0.25, 0.3) is 16.6 Å². The summed E-state index contributed by atoms with van der Waals surface area (Å²) >= 11 is 5.87. The Kier molecular flexibility index (Phi) is 2.30. The summed E-state index contributed by atoms with van der Waals surface area (Å²) in [5.74, 6) is -0.288. The van der Waals surface area contributed by atoms with E-state index < -0.39 is 0 Å². The molecule has 0 saturated heterocycles. The van der Waals surface area contributed by atoms with Crippen LogP contribution in [-0.4, -0.2) is 14.8 Å². The molecule has 0 bridgehead atoms. The Balaban J connectivity index is 2.28. The zero-order valence-corrected chi connectivity index (χ0v) is 9.39. The maximum Gasteiger partial charge on any atom is 0.134 e. The number of hydrogen-bond acceptors (Lipinski definition) is 2. The Morgan fingerprint density at radius 3 is 2.88 bits per heavy atom. The van der Waals surface area contributed by atoms with Crippen molar-refractivity contribution >= 4 is 22.5 Å². The van der Waals surface area contributed by atoms with Gasteiger partial charge < -0.3 is 0 Å². The number of hydrogen-bond donors (Lipinski definition) is 0. The predicted octanol–water partition coefficient (Wildman–Crippen LogP) is 3.21. The zero-order valence-electron chi connectivity index (χ0n) is 8.64. The van der Waals surface area contributed by atoms with E-state index in [-0.39, 0.29) is 5.82 Å². The van der Waals surface area contributed by atoms with Crippen LogP contribution in [-0.2, 0) is 0 Å². The molecule has 0 aliphatic rings. The van der Waals surface area contributed by atoms with Crippen LogP contribution in [0.1, 0.15) is 0 Å². The van der Waals surface area contributed by atoms with Crippen molar-refractivity contribution in [2.75, 3.05) is 0 Å². The minimum atomic E-state index is -0.288. The van der Waals surface area contributed by atoms with Crippen molar-refractivity contribution in [2.24, 2.45) is 0 Å². The number of nitrogens with zero attached hydrogens (tertiary/aromatic N) is 3. The molecule has 5 heteroatoms. The standard InChI is InChI=1S/C12H7ClFN3/c13-8-4-9(6-15-5-8)17-12-3-1-2-11(14)10(12)7-16-17/h1-7H. The third-order valence-electron chi connectivity index (χ3n) is 2.50. The Bertz CT molecular complexity index is 693. The predicted molar refractivity (Wildman–Crippen MR) is 63.8 cm³/mol. The van der Waals surface area contributed by atoms with Crippen LogP contribution >= 0.6 is 11.6 Å². The van der Waals surface area contributed by atoms with Crippen molar-refractivity contribution in [3.05, 3.63) is 53.7 Å². The monoisotopic (exact) mass is 247 g/mol. The molecule has 0 aliphatic heterocycles. The summed E-state index contributed by atoms with van der Waals surface area (Å²) in [5.41, 5.74) is 1.40. The molecule has 0 unspecified atom stereocenters. The molecule has 17 heavy (non-hydrogen) atoms. The second-order valence-electron chi connectivity index (χ2n) is 3.59. The lowest BCUT2D eigenvalue weighted by atomic mass is 10.2. The SMILES string of the molecule is Fc1cccc2c1cnn2-c1cncc(Cl)c1. The van der Waals surface area contributed by atoms with Gasteiger partial charge in [-0.15, -0.1) is 0 Å². The summed E-state index contributed by atoms with van der Waals surface area (Å²) in [6, 6.07) is 6.58. The first-order valence-electron chi connectivity index (χ1n) is 4.99. The molecule has 2 heterocycles.